The molecule has 9 heteroatoms. The molecular formula is C25H28BrN5O2S. The fourth-order valence-electron chi connectivity index (χ4n) is 4.05. The highest BCUT2D eigenvalue weighted by Gasteiger charge is 2.24. The second-order valence-electron chi connectivity index (χ2n) is 8.31. The van der Waals surface area contributed by atoms with Gasteiger partial charge in [0.2, 0.25) is 0 Å². The summed E-state index contributed by atoms with van der Waals surface area (Å²) in [4.78, 5) is 12.4. The largest absolute Gasteiger partial charge is 0.496 e. The van der Waals surface area contributed by atoms with E-state index in [0.717, 1.165) is 45.2 Å². The molecule has 0 saturated heterocycles. The number of nitrogens with one attached hydrogen (secondary N) is 1. The van der Waals surface area contributed by atoms with Crippen LogP contribution in [0.5, 0.6) is 5.75 Å². The summed E-state index contributed by atoms with van der Waals surface area (Å²) in [5, 5.41) is 13.8. The van der Waals surface area contributed by atoms with Crippen molar-refractivity contribution >= 4 is 39.8 Å². The number of hydrogen-bond donors (Lipinski definition) is 1. The van der Waals surface area contributed by atoms with Crippen molar-refractivity contribution in [2.75, 3.05) is 12.9 Å². The SMILES string of the molecule is COc1ccc(/C=N/NC(=O)CSc2nnc(-c3ccc(C)cc3)n2C2CCCCC2)cc1Br. The second kappa shape index (κ2) is 11.7. The quantitative estimate of drug-likeness (QED) is 0.222. The number of thioether (sulfide) groups is 1. The predicted octanol–water partition coefficient (Wildman–Crippen LogP) is 5.77. The maximum absolute atomic E-state index is 12.4. The summed E-state index contributed by atoms with van der Waals surface area (Å²) in [5.41, 5.74) is 5.71. The average Bonchev–Trinajstić information content (AvgIpc) is 3.28. The fourth-order valence-corrected chi connectivity index (χ4v) is 5.40. The van der Waals surface area contributed by atoms with E-state index < -0.39 is 0 Å². The first-order valence-corrected chi connectivity index (χ1v) is 13.1. The molecule has 0 spiro atoms. The van der Waals surface area contributed by atoms with Crippen LogP contribution in [-0.4, -0.2) is 39.7 Å². The van der Waals surface area contributed by atoms with E-state index in [1.807, 2.05) is 18.2 Å². The number of halogens is 1. The molecule has 3 aromatic rings. The van der Waals surface area contributed by atoms with Crippen molar-refractivity contribution < 1.29 is 9.53 Å². The normalized spacial score (nSPS) is 14.4. The molecule has 0 unspecified atom stereocenters. The zero-order valence-electron chi connectivity index (χ0n) is 19.3. The van der Waals surface area contributed by atoms with E-state index in [1.165, 1.54) is 36.6 Å². The Kier molecular flexibility index (Phi) is 8.39. The number of aryl methyl sites for hydroxylation is 1. The van der Waals surface area contributed by atoms with Gasteiger partial charge in [-0.25, -0.2) is 5.43 Å². The van der Waals surface area contributed by atoms with Crippen molar-refractivity contribution in [3.8, 4) is 17.1 Å². The summed E-state index contributed by atoms with van der Waals surface area (Å²) in [6.07, 6.45) is 7.50. The zero-order chi connectivity index (χ0) is 23.9. The van der Waals surface area contributed by atoms with Gasteiger partial charge in [0.1, 0.15) is 5.75 Å². The molecule has 178 valence electrons. The molecular weight excluding hydrogens is 514 g/mol. The smallest absolute Gasteiger partial charge is 0.250 e. The average molecular weight is 543 g/mol. The first-order valence-electron chi connectivity index (χ1n) is 11.4. The van der Waals surface area contributed by atoms with Crippen LogP contribution in [-0.2, 0) is 4.79 Å². The van der Waals surface area contributed by atoms with E-state index in [-0.39, 0.29) is 11.7 Å². The van der Waals surface area contributed by atoms with Gasteiger partial charge in [0.15, 0.2) is 11.0 Å². The summed E-state index contributed by atoms with van der Waals surface area (Å²) in [5.74, 6) is 1.63. The minimum absolute atomic E-state index is 0.191. The van der Waals surface area contributed by atoms with E-state index >= 15 is 0 Å². The molecule has 1 N–H and O–H groups in total. The van der Waals surface area contributed by atoms with Crippen LogP contribution >= 0.6 is 27.7 Å². The third-order valence-corrected chi connectivity index (χ3v) is 7.39. The lowest BCUT2D eigenvalue weighted by Gasteiger charge is -2.25. The number of methoxy groups -OCH3 is 1. The first-order chi connectivity index (χ1) is 16.5. The van der Waals surface area contributed by atoms with Crippen molar-refractivity contribution in [1.82, 2.24) is 20.2 Å². The highest BCUT2D eigenvalue weighted by Crippen LogP contribution is 2.35. The Morgan fingerprint density at radius 1 is 1.21 bits per heavy atom. The van der Waals surface area contributed by atoms with Crippen molar-refractivity contribution in [3.63, 3.8) is 0 Å². The molecule has 1 saturated carbocycles. The van der Waals surface area contributed by atoms with Crippen molar-refractivity contribution in [1.29, 1.82) is 0 Å². The molecule has 7 nitrogen and oxygen atoms in total. The summed E-state index contributed by atoms with van der Waals surface area (Å²) < 4.78 is 8.29. The van der Waals surface area contributed by atoms with Crippen molar-refractivity contribution in [2.24, 2.45) is 5.10 Å². The standard InChI is InChI=1S/C25H28BrN5O2S/c1-17-8-11-19(12-9-17)24-29-30-25(31(24)20-6-4-3-5-7-20)34-16-23(32)28-27-15-18-10-13-22(33-2)21(26)14-18/h8-15,20H,3-7,16H2,1-2H3,(H,28,32)/b27-15+. The molecule has 1 fully saturated rings. The van der Waals surface area contributed by atoms with Gasteiger partial charge in [-0.1, -0.05) is 60.9 Å². The Bertz CT molecular complexity index is 1160. The minimum Gasteiger partial charge on any atom is -0.496 e. The summed E-state index contributed by atoms with van der Waals surface area (Å²) >= 11 is 4.85. The topological polar surface area (TPSA) is 81.4 Å². The van der Waals surface area contributed by atoms with Crippen LogP contribution in [0.3, 0.4) is 0 Å². The van der Waals surface area contributed by atoms with Crippen molar-refractivity contribution in [2.45, 2.75) is 50.2 Å². The number of hydrogen-bond acceptors (Lipinski definition) is 6. The van der Waals surface area contributed by atoms with Crippen LogP contribution < -0.4 is 10.2 Å². The Labute approximate surface area is 212 Å². The zero-order valence-corrected chi connectivity index (χ0v) is 21.7. The molecule has 0 radical (unpaired) electrons. The van der Waals surface area contributed by atoms with Gasteiger partial charge in [0.05, 0.1) is 23.5 Å². The Morgan fingerprint density at radius 2 is 1.97 bits per heavy atom. The van der Waals surface area contributed by atoms with Crippen LogP contribution in [0.2, 0.25) is 0 Å². The van der Waals surface area contributed by atoms with Gasteiger partial charge in [-0.2, -0.15) is 5.10 Å². The van der Waals surface area contributed by atoms with Gasteiger partial charge in [0.25, 0.3) is 5.91 Å². The molecule has 1 heterocycles. The van der Waals surface area contributed by atoms with Crippen LogP contribution in [0.1, 0.15) is 49.3 Å². The van der Waals surface area contributed by atoms with Crippen LogP contribution in [0, 0.1) is 6.92 Å². The third kappa shape index (κ3) is 6.07. The molecule has 0 bridgehead atoms. The van der Waals surface area contributed by atoms with E-state index in [4.69, 9.17) is 4.74 Å². The lowest BCUT2D eigenvalue weighted by atomic mass is 9.95. The Hall–Kier alpha value is -2.65. The molecule has 2 aromatic carbocycles. The van der Waals surface area contributed by atoms with Gasteiger partial charge in [-0.3, -0.25) is 9.36 Å². The Balaban J connectivity index is 1.43. The van der Waals surface area contributed by atoms with Crippen LogP contribution in [0.4, 0.5) is 0 Å². The second-order valence-corrected chi connectivity index (χ2v) is 10.1. The van der Waals surface area contributed by atoms with Gasteiger partial charge >= 0.3 is 0 Å². The number of ether oxygens (including phenoxy) is 1. The fraction of sp³-hybridized carbons (Fsp3) is 0.360. The van der Waals surface area contributed by atoms with Crippen LogP contribution in [0.25, 0.3) is 11.4 Å². The molecule has 1 aliphatic carbocycles. The summed E-state index contributed by atoms with van der Waals surface area (Å²) in [6.45, 7) is 2.07. The predicted molar refractivity (Wildman–Crippen MR) is 139 cm³/mol. The van der Waals surface area contributed by atoms with Gasteiger partial charge in [-0.05, 0) is 59.5 Å². The molecule has 1 aromatic heterocycles. The number of nitrogens with zero attached hydrogens (tertiary/aromatic N) is 4. The van der Waals surface area contributed by atoms with Crippen molar-refractivity contribution in [3.05, 3.63) is 58.1 Å². The maximum atomic E-state index is 12.4. The lowest BCUT2D eigenvalue weighted by Crippen LogP contribution is -2.20. The number of carbonyl (C=O) groups is 1. The molecule has 0 aliphatic heterocycles. The highest BCUT2D eigenvalue weighted by molar-refractivity contribution is 9.10. The first kappa shape index (κ1) is 24.5. The highest BCUT2D eigenvalue weighted by atomic mass is 79.9. The van der Waals surface area contributed by atoms with E-state index in [1.54, 1.807) is 13.3 Å². The number of carbonyl (C=O) groups excluding carboxylic acids is 1. The van der Waals surface area contributed by atoms with Crippen LogP contribution in [0.15, 0.2) is 57.2 Å². The molecule has 0 atom stereocenters. The number of benzene rings is 2. The molecule has 34 heavy (non-hydrogen) atoms. The van der Waals surface area contributed by atoms with Gasteiger partial charge in [0, 0.05) is 11.6 Å². The van der Waals surface area contributed by atoms with Gasteiger partial charge < -0.3 is 4.74 Å². The van der Waals surface area contributed by atoms with E-state index in [2.05, 4.69) is 72.4 Å². The number of rotatable bonds is 8. The lowest BCUT2D eigenvalue weighted by molar-refractivity contribution is -0.118. The molecule has 1 amide bonds. The van der Waals surface area contributed by atoms with E-state index in [0.29, 0.717) is 6.04 Å². The summed E-state index contributed by atoms with van der Waals surface area (Å²) in [6, 6.07) is 14.3. The minimum atomic E-state index is -0.191. The van der Waals surface area contributed by atoms with E-state index in [9.17, 15) is 4.79 Å². The third-order valence-electron chi connectivity index (χ3n) is 5.83. The number of aromatic nitrogens is 3. The maximum Gasteiger partial charge on any atom is 0.250 e. The Morgan fingerprint density at radius 3 is 2.68 bits per heavy atom. The molecule has 1 aliphatic rings. The van der Waals surface area contributed by atoms with Gasteiger partial charge in [-0.15, -0.1) is 10.2 Å². The monoisotopic (exact) mass is 541 g/mol. The number of amides is 1. The summed E-state index contributed by atoms with van der Waals surface area (Å²) in [7, 11) is 1.62. The number of hydrazone groups is 1. The molecule has 4 rings (SSSR count).